The van der Waals surface area contributed by atoms with E-state index in [1.54, 1.807) is 18.2 Å². The third-order valence-electron chi connectivity index (χ3n) is 6.96. The van der Waals surface area contributed by atoms with Gasteiger partial charge in [-0.15, -0.1) is 11.3 Å². The molecule has 3 aromatic rings. The highest BCUT2D eigenvalue weighted by Gasteiger charge is 2.31. The molecule has 12 heteroatoms. The van der Waals surface area contributed by atoms with Crippen LogP contribution in [0, 0.1) is 0 Å². The molecule has 0 radical (unpaired) electrons. The number of hydrogen-bond acceptors (Lipinski definition) is 7. The third kappa shape index (κ3) is 8.01. The largest absolute Gasteiger partial charge is 0.393 e. The zero-order chi connectivity index (χ0) is 28.7. The van der Waals surface area contributed by atoms with Crippen molar-refractivity contribution in [1.29, 1.82) is 0 Å². The zero-order valence-electron chi connectivity index (χ0n) is 22.3. The summed E-state index contributed by atoms with van der Waals surface area (Å²) in [5, 5.41) is 9.76. The predicted molar refractivity (Wildman–Crippen MR) is 150 cm³/mol. The Labute approximate surface area is 235 Å². The first-order chi connectivity index (χ1) is 19.1. The number of fused-ring (bicyclic) bond motifs is 1. The molecule has 0 spiro atoms. The van der Waals surface area contributed by atoms with Crippen molar-refractivity contribution >= 4 is 39.2 Å². The van der Waals surface area contributed by atoms with Gasteiger partial charge in [0.05, 0.1) is 11.8 Å². The van der Waals surface area contributed by atoms with Crippen molar-refractivity contribution < 1.29 is 22.8 Å². The SMILES string of the molecule is C=CC(=O)NCCCNC(=O)c1ccc(CN[C@H]2CC[C@@H](N(C)c3ncnc4sc(CC(F)(F)F)cc34)C2)cc1. The summed E-state index contributed by atoms with van der Waals surface area (Å²) in [6.45, 7) is 4.98. The van der Waals surface area contributed by atoms with Crippen molar-refractivity contribution in [3.05, 3.63) is 65.3 Å². The number of amides is 2. The predicted octanol–water partition coefficient (Wildman–Crippen LogP) is 4.37. The van der Waals surface area contributed by atoms with Gasteiger partial charge in [-0.1, -0.05) is 18.7 Å². The molecule has 1 aromatic carbocycles. The van der Waals surface area contributed by atoms with Crippen molar-refractivity contribution in [2.24, 2.45) is 0 Å². The smallest absolute Gasteiger partial charge is 0.356 e. The standard InChI is InChI=1S/C28H33F3N6O2S/c1-3-24(38)32-11-4-12-33-26(39)19-7-5-18(6-8-19)16-34-20-9-10-21(13-20)37(2)25-23-14-22(15-28(29,30)31)40-27(23)36-17-35-25/h3,5-8,14,17,20-21,34H,1,4,9-13,15-16H2,2H3,(H,32,38)(H,33,39)/t20-,21+/m0/s1. The minimum atomic E-state index is -4.26. The minimum Gasteiger partial charge on any atom is -0.356 e. The normalized spacial score (nSPS) is 17.1. The molecule has 8 nitrogen and oxygen atoms in total. The van der Waals surface area contributed by atoms with Gasteiger partial charge < -0.3 is 20.9 Å². The van der Waals surface area contributed by atoms with Gasteiger partial charge in [0.1, 0.15) is 17.0 Å². The molecular weight excluding hydrogens is 541 g/mol. The highest BCUT2D eigenvalue weighted by Crippen LogP contribution is 2.35. The van der Waals surface area contributed by atoms with Crippen LogP contribution in [0.4, 0.5) is 19.0 Å². The molecule has 0 unspecified atom stereocenters. The lowest BCUT2D eigenvalue weighted by Crippen LogP contribution is -2.33. The fourth-order valence-electron chi connectivity index (χ4n) is 4.84. The average Bonchev–Trinajstić information content (AvgIpc) is 3.57. The van der Waals surface area contributed by atoms with E-state index in [2.05, 4.69) is 37.4 Å². The summed E-state index contributed by atoms with van der Waals surface area (Å²) in [7, 11) is 1.94. The second-order valence-corrected chi connectivity index (χ2v) is 11.0. The summed E-state index contributed by atoms with van der Waals surface area (Å²) in [5.74, 6) is 0.268. The molecule has 1 aliphatic carbocycles. The van der Waals surface area contributed by atoms with Gasteiger partial charge in [0.15, 0.2) is 0 Å². The molecule has 40 heavy (non-hydrogen) atoms. The molecule has 2 aromatic heterocycles. The molecule has 2 atom stereocenters. The van der Waals surface area contributed by atoms with Crippen LogP contribution < -0.4 is 20.9 Å². The number of carbonyl (C=O) groups is 2. The van der Waals surface area contributed by atoms with Crippen LogP contribution in [-0.2, 0) is 17.8 Å². The molecule has 0 aliphatic heterocycles. The maximum Gasteiger partial charge on any atom is 0.393 e. The van der Waals surface area contributed by atoms with E-state index in [1.807, 2.05) is 19.2 Å². The van der Waals surface area contributed by atoms with Gasteiger partial charge in [-0.2, -0.15) is 13.2 Å². The van der Waals surface area contributed by atoms with Crippen LogP contribution in [0.1, 0.15) is 46.5 Å². The number of carbonyl (C=O) groups excluding carboxylic acids is 2. The highest BCUT2D eigenvalue weighted by molar-refractivity contribution is 7.18. The van der Waals surface area contributed by atoms with E-state index in [-0.39, 0.29) is 28.8 Å². The fraction of sp³-hybridized carbons (Fsp3) is 0.429. The highest BCUT2D eigenvalue weighted by atomic mass is 32.1. The monoisotopic (exact) mass is 574 g/mol. The van der Waals surface area contributed by atoms with Crippen LogP contribution in [-0.4, -0.2) is 60.2 Å². The van der Waals surface area contributed by atoms with Gasteiger partial charge in [0.25, 0.3) is 5.91 Å². The molecule has 0 saturated heterocycles. The molecule has 1 fully saturated rings. The van der Waals surface area contributed by atoms with E-state index in [9.17, 15) is 22.8 Å². The molecule has 2 amide bonds. The fourth-order valence-corrected chi connectivity index (χ4v) is 5.86. The third-order valence-corrected chi connectivity index (χ3v) is 8.00. The number of aromatic nitrogens is 2. The Kier molecular flexibility index (Phi) is 9.75. The van der Waals surface area contributed by atoms with Crippen LogP contribution in [0.2, 0.25) is 0 Å². The van der Waals surface area contributed by atoms with Crippen LogP contribution in [0.25, 0.3) is 10.2 Å². The summed E-state index contributed by atoms with van der Waals surface area (Å²) in [6, 6.07) is 9.51. The van der Waals surface area contributed by atoms with Gasteiger partial charge >= 0.3 is 6.18 Å². The van der Waals surface area contributed by atoms with Gasteiger partial charge in [-0.3, -0.25) is 9.59 Å². The molecule has 4 rings (SSSR count). The second-order valence-electron chi connectivity index (χ2n) is 9.88. The summed E-state index contributed by atoms with van der Waals surface area (Å²) < 4.78 is 38.7. The summed E-state index contributed by atoms with van der Waals surface area (Å²) >= 11 is 1.06. The average molecular weight is 575 g/mol. The van der Waals surface area contributed by atoms with Gasteiger partial charge in [-0.25, -0.2) is 9.97 Å². The lowest BCUT2D eigenvalue weighted by atomic mass is 10.1. The number of nitrogens with one attached hydrogen (secondary N) is 3. The van der Waals surface area contributed by atoms with E-state index >= 15 is 0 Å². The Hall–Kier alpha value is -3.51. The minimum absolute atomic E-state index is 0.161. The number of benzene rings is 1. The number of alkyl halides is 3. The Balaban J connectivity index is 1.24. The second kappa shape index (κ2) is 13.2. The first-order valence-electron chi connectivity index (χ1n) is 13.2. The van der Waals surface area contributed by atoms with Gasteiger partial charge in [0.2, 0.25) is 5.91 Å². The van der Waals surface area contributed by atoms with E-state index in [1.165, 1.54) is 12.4 Å². The van der Waals surface area contributed by atoms with E-state index in [0.717, 1.165) is 36.2 Å². The van der Waals surface area contributed by atoms with Crippen LogP contribution in [0.15, 0.2) is 49.3 Å². The topological polar surface area (TPSA) is 99.2 Å². The van der Waals surface area contributed by atoms with Crippen molar-refractivity contribution in [1.82, 2.24) is 25.9 Å². The molecular formula is C28H33F3N6O2S. The van der Waals surface area contributed by atoms with E-state index < -0.39 is 12.6 Å². The first kappa shape index (κ1) is 29.5. The Morgan fingerprint density at radius 2 is 1.90 bits per heavy atom. The number of anilines is 1. The van der Waals surface area contributed by atoms with Gasteiger partial charge in [0, 0.05) is 49.2 Å². The maximum absolute atomic E-state index is 12.9. The number of nitrogens with zero attached hydrogens (tertiary/aromatic N) is 3. The van der Waals surface area contributed by atoms with Gasteiger partial charge in [-0.05, 0) is 55.5 Å². The number of rotatable bonds is 12. The van der Waals surface area contributed by atoms with E-state index in [0.29, 0.717) is 47.7 Å². The lowest BCUT2D eigenvalue weighted by molar-refractivity contribution is -0.126. The molecule has 2 heterocycles. The summed E-state index contributed by atoms with van der Waals surface area (Å²) in [4.78, 5) is 34.9. The van der Waals surface area contributed by atoms with Crippen molar-refractivity contribution in [3.8, 4) is 0 Å². The van der Waals surface area contributed by atoms with Crippen LogP contribution in [0.3, 0.4) is 0 Å². The molecule has 214 valence electrons. The zero-order valence-corrected chi connectivity index (χ0v) is 23.1. The van der Waals surface area contributed by atoms with Crippen molar-refractivity contribution in [2.75, 3.05) is 25.0 Å². The molecule has 1 aliphatic rings. The van der Waals surface area contributed by atoms with E-state index in [4.69, 9.17) is 0 Å². The first-order valence-corrected chi connectivity index (χ1v) is 14.0. The Bertz CT molecular complexity index is 1330. The number of thiophene rings is 1. The van der Waals surface area contributed by atoms with Crippen LogP contribution >= 0.6 is 11.3 Å². The molecule has 3 N–H and O–H groups in total. The van der Waals surface area contributed by atoms with Crippen molar-refractivity contribution in [3.63, 3.8) is 0 Å². The van der Waals surface area contributed by atoms with Crippen LogP contribution in [0.5, 0.6) is 0 Å². The quantitative estimate of drug-likeness (QED) is 0.220. The number of halogens is 3. The van der Waals surface area contributed by atoms with Crippen molar-refractivity contribution in [2.45, 2.75) is 56.9 Å². The Morgan fingerprint density at radius 3 is 2.62 bits per heavy atom. The summed E-state index contributed by atoms with van der Waals surface area (Å²) in [5.41, 5.74) is 1.64. The Morgan fingerprint density at radius 1 is 1.15 bits per heavy atom. The maximum atomic E-state index is 12.9. The number of hydrogen-bond donors (Lipinski definition) is 3. The molecule has 1 saturated carbocycles. The molecule has 0 bridgehead atoms. The lowest BCUT2D eigenvalue weighted by Gasteiger charge is -2.26. The summed E-state index contributed by atoms with van der Waals surface area (Å²) in [6.07, 6.45) is 0.826.